The van der Waals surface area contributed by atoms with Crippen molar-refractivity contribution in [3.8, 4) is 5.75 Å². The number of ether oxygens (including phenoxy) is 1. The van der Waals surface area contributed by atoms with E-state index in [1.807, 2.05) is 25.1 Å². The molecule has 0 aliphatic rings. The Balaban J connectivity index is 1.80. The van der Waals surface area contributed by atoms with E-state index in [1.165, 1.54) is 5.56 Å². The first-order valence-corrected chi connectivity index (χ1v) is 8.08. The van der Waals surface area contributed by atoms with Crippen LogP contribution in [0.25, 0.3) is 0 Å². The van der Waals surface area contributed by atoms with Crippen LogP contribution >= 0.6 is 11.6 Å². The van der Waals surface area contributed by atoms with Crippen LogP contribution < -0.4 is 10.1 Å². The fourth-order valence-corrected chi connectivity index (χ4v) is 2.42. The average molecular weight is 332 g/mol. The highest BCUT2D eigenvalue weighted by molar-refractivity contribution is 6.30. The maximum absolute atomic E-state index is 11.9. The number of aryl methyl sites for hydroxylation is 1. The third-order valence-electron chi connectivity index (χ3n) is 3.63. The number of halogens is 1. The van der Waals surface area contributed by atoms with Crippen LogP contribution in [0.2, 0.25) is 5.02 Å². The second-order valence-corrected chi connectivity index (χ2v) is 6.31. The molecule has 23 heavy (non-hydrogen) atoms. The molecule has 0 radical (unpaired) electrons. The summed E-state index contributed by atoms with van der Waals surface area (Å²) in [5.41, 5.74) is 3.28. The molecule has 3 nitrogen and oxygen atoms in total. The molecule has 122 valence electrons. The van der Waals surface area contributed by atoms with Gasteiger partial charge in [-0.1, -0.05) is 49.7 Å². The second-order valence-electron chi connectivity index (χ2n) is 5.87. The molecule has 0 unspecified atom stereocenters. The number of nitrogens with one attached hydrogen (secondary N) is 1. The van der Waals surface area contributed by atoms with Gasteiger partial charge >= 0.3 is 0 Å². The Labute approximate surface area is 142 Å². The van der Waals surface area contributed by atoms with E-state index in [1.54, 1.807) is 12.1 Å². The molecule has 1 N–H and O–H groups in total. The van der Waals surface area contributed by atoms with Gasteiger partial charge in [0.1, 0.15) is 5.75 Å². The van der Waals surface area contributed by atoms with Crippen molar-refractivity contribution in [2.45, 2.75) is 33.2 Å². The fraction of sp³-hybridized carbons (Fsp3) is 0.316. The summed E-state index contributed by atoms with van der Waals surface area (Å²) in [5.74, 6) is 1.03. The van der Waals surface area contributed by atoms with Crippen molar-refractivity contribution in [2.24, 2.45) is 0 Å². The third-order valence-corrected chi connectivity index (χ3v) is 3.87. The molecule has 0 aromatic heterocycles. The molecule has 2 aromatic rings. The Morgan fingerprint density at radius 1 is 1.17 bits per heavy atom. The van der Waals surface area contributed by atoms with Crippen molar-refractivity contribution >= 4 is 17.5 Å². The molecule has 0 atom stereocenters. The Morgan fingerprint density at radius 3 is 2.48 bits per heavy atom. The predicted molar refractivity (Wildman–Crippen MR) is 94.1 cm³/mol. The Kier molecular flexibility index (Phi) is 6.05. The summed E-state index contributed by atoms with van der Waals surface area (Å²) >= 11 is 5.89. The van der Waals surface area contributed by atoms with E-state index in [0.29, 0.717) is 23.2 Å². The van der Waals surface area contributed by atoms with Gasteiger partial charge in [-0.3, -0.25) is 4.79 Å². The van der Waals surface area contributed by atoms with Gasteiger partial charge in [-0.2, -0.15) is 0 Å². The molecule has 2 aromatic carbocycles. The average Bonchev–Trinajstić information content (AvgIpc) is 2.52. The molecule has 0 fully saturated rings. The maximum Gasteiger partial charge on any atom is 0.258 e. The van der Waals surface area contributed by atoms with Crippen LogP contribution in [0.5, 0.6) is 5.75 Å². The number of carbonyl (C=O) groups is 1. The lowest BCUT2D eigenvalue weighted by atomic mass is 10.0. The van der Waals surface area contributed by atoms with Gasteiger partial charge < -0.3 is 10.1 Å². The number of hydrogen-bond donors (Lipinski definition) is 1. The summed E-state index contributed by atoms with van der Waals surface area (Å²) in [6, 6.07) is 13.6. The molecule has 2 rings (SSSR count). The molecule has 0 spiro atoms. The smallest absolute Gasteiger partial charge is 0.258 e. The monoisotopic (exact) mass is 331 g/mol. The van der Waals surface area contributed by atoms with Crippen molar-refractivity contribution in [3.05, 3.63) is 64.2 Å². The molecular formula is C19H22ClNO2. The van der Waals surface area contributed by atoms with Crippen LogP contribution in [-0.2, 0) is 11.3 Å². The minimum Gasteiger partial charge on any atom is -0.484 e. The first kappa shape index (κ1) is 17.4. The van der Waals surface area contributed by atoms with Gasteiger partial charge in [0.05, 0.1) is 0 Å². The number of benzene rings is 2. The van der Waals surface area contributed by atoms with Gasteiger partial charge in [0.15, 0.2) is 6.61 Å². The molecular weight excluding hydrogens is 310 g/mol. The van der Waals surface area contributed by atoms with Crippen LogP contribution in [0.15, 0.2) is 42.5 Å². The summed E-state index contributed by atoms with van der Waals surface area (Å²) in [4.78, 5) is 11.9. The normalized spacial score (nSPS) is 10.7. The summed E-state index contributed by atoms with van der Waals surface area (Å²) < 4.78 is 5.52. The Morgan fingerprint density at radius 2 is 1.87 bits per heavy atom. The fourth-order valence-electron chi connectivity index (χ4n) is 2.19. The zero-order valence-corrected chi connectivity index (χ0v) is 14.5. The number of hydrogen-bond acceptors (Lipinski definition) is 2. The van der Waals surface area contributed by atoms with E-state index in [-0.39, 0.29) is 12.5 Å². The molecule has 0 bridgehead atoms. The van der Waals surface area contributed by atoms with Crippen molar-refractivity contribution in [2.75, 3.05) is 6.61 Å². The zero-order valence-electron chi connectivity index (χ0n) is 13.7. The van der Waals surface area contributed by atoms with Crippen LogP contribution in [0.4, 0.5) is 0 Å². The molecule has 1 amide bonds. The summed E-state index contributed by atoms with van der Waals surface area (Å²) in [5, 5.41) is 3.52. The van der Waals surface area contributed by atoms with E-state index in [2.05, 4.69) is 31.3 Å². The summed E-state index contributed by atoms with van der Waals surface area (Å²) in [6.07, 6.45) is 0. The van der Waals surface area contributed by atoms with Gasteiger partial charge in [0, 0.05) is 11.6 Å². The molecule has 0 heterocycles. The summed E-state index contributed by atoms with van der Waals surface area (Å²) in [7, 11) is 0. The van der Waals surface area contributed by atoms with Crippen LogP contribution in [-0.4, -0.2) is 12.5 Å². The highest BCUT2D eigenvalue weighted by Gasteiger charge is 2.06. The van der Waals surface area contributed by atoms with Crippen molar-refractivity contribution in [1.82, 2.24) is 5.32 Å². The summed E-state index contributed by atoms with van der Waals surface area (Å²) in [6.45, 7) is 6.71. The van der Waals surface area contributed by atoms with E-state index in [4.69, 9.17) is 16.3 Å². The quantitative estimate of drug-likeness (QED) is 0.848. The van der Waals surface area contributed by atoms with Gasteiger partial charge in [0.2, 0.25) is 0 Å². The largest absolute Gasteiger partial charge is 0.484 e. The lowest BCUT2D eigenvalue weighted by Gasteiger charge is -2.10. The predicted octanol–water partition coefficient (Wildman–Crippen LogP) is 4.47. The van der Waals surface area contributed by atoms with Gasteiger partial charge in [-0.25, -0.2) is 0 Å². The molecule has 0 aliphatic carbocycles. The zero-order chi connectivity index (χ0) is 16.8. The van der Waals surface area contributed by atoms with Crippen LogP contribution in [0, 0.1) is 6.92 Å². The van der Waals surface area contributed by atoms with Crippen molar-refractivity contribution < 1.29 is 9.53 Å². The van der Waals surface area contributed by atoms with Gasteiger partial charge in [-0.15, -0.1) is 0 Å². The van der Waals surface area contributed by atoms with E-state index >= 15 is 0 Å². The highest BCUT2D eigenvalue weighted by atomic mass is 35.5. The minimum atomic E-state index is -0.146. The lowest BCUT2D eigenvalue weighted by Crippen LogP contribution is -2.28. The number of carbonyl (C=O) groups excluding carboxylic acids is 1. The lowest BCUT2D eigenvalue weighted by molar-refractivity contribution is -0.123. The third kappa shape index (κ3) is 5.29. The number of amides is 1. The highest BCUT2D eigenvalue weighted by Crippen LogP contribution is 2.21. The van der Waals surface area contributed by atoms with Gasteiger partial charge in [-0.05, 0) is 47.7 Å². The van der Waals surface area contributed by atoms with Crippen molar-refractivity contribution in [1.29, 1.82) is 0 Å². The molecule has 0 aliphatic heterocycles. The van der Waals surface area contributed by atoms with Crippen LogP contribution in [0.1, 0.15) is 36.5 Å². The maximum atomic E-state index is 11.9. The van der Waals surface area contributed by atoms with E-state index < -0.39 is 0 Å². The van der Waals surface area contributed by atoms with Crippen molar-refractivity contribution in [3.63, 3.8) is 0 Å². The Hall–Kier alpha value is -2.00. The van der Waals surface area contributed by atoms with Crippen LogP contribution in [0.3, 0.4) is 0 Å². The minimum absolute atomic E-state index is 0.00739. The topological polar surface area (TPSA) is 38.3 Å². The van der Waals surface area contributed by atoms with E-state index in [0.717, 1.165) is 11.1 Å². The number of rotatable bonds is 6. The Bertz CT molecular complexity index is 666. The first-order chi connectivity index (χ1) is 11.0. The first-order valence-electron chi connectivity index (χ1n) is 7.70. The molecule has 0 saturated carbocycles. The second kappa shape index (κ2) is 8.02. The van der Waals surface area contributed by atoms with Gasteiger partial charge in [0.25, 0.3) is 5.91 Å². The SMILES string of the molecule is Cc1cc(Cl)ccc1OCC(=O)NCc1ccc(C(C)C)cc1. The standard InChI is InChI=1S/C19H22ClNO2/c1-13(2)16-6-4-15(5-7-16)11-21-19(22)12-23-18-9-8-17(20)10-14(18)3/h4-10,13H,11-12H2,1-3H3,(H,21,22). The molecule has 4 heteroatoms. The molecule has 0 saturated heterocycles. The van der Waals surface area contributed by atoms with E-state index in [9.17, 15) is 4.79 Å².